The van der Waals surface area contributed by atoms with Gasteiger partial charge in [-0.1, -0.05) is 22.7 Å². The third kappa shape index (κ3) is 4.00. The van der Waals surface area contributed by atoms with Crippen molar-refractivity contribution in [1.29, 1.82) is 0 Å². The van der Waals surface area contributed by atoms with E-state index < -0.39 is 0 Å². The van der Waals surface area contributed by atoms with Crippen LogP contribution in [0.1, 0.15) is 15.2 Å². The molecule has 7 heteroatoms. The van der Waals surface area contributed by atoms with Crippen molar-refractivity contribution < 1.29 is 14.3 Å². The third-order valence-electron chi connectivity index (χ3n) is 3.93. The zero-order valence-electron chi connectivity index (χ0n) is 14.6. The number of carbonyl (C=O) groups is 1. The first-order chi connectivity index (χ1) is 12.7. The van der Waals surface area contributed by atoms with Crippen molar-refractivity contribution in [2.75, 3.05) is 20.8 Å². The molecule has 0 aliphatic heterocycles. The van der Waals surface area contributed by atoms with E-state index in [1.807, 2.05) is 48.5 Å². The zero-order valence-corrected chi connectivity index (χ0v) is 15.4. The number of nitrogens with zero attached hydrogens (tertiary/aromatic N) is 2. The molecule has 0 fully saturated rings. The Morgan fingerprint density at radius 1 is 1.08 bits per heavy atom. The summed E-state index contributed by atoms with van der Waals surface area (Å²) in [6, 6.07) is 15.2. The van der Waals surface area contributed by atoms with Crippen molar-refractivity contribution in [2.24, 2.45) is 0 Å². The fourth-order valence-corrected chi connectivity index (χ4v) is 3.18. The van der Waals surface area contributed by atoms with Gasteiger partial charge in [0.15, 0.2) is 0 Å². The van der Waals surface area contributed by atoms with Crippen LogP contribution in [0.15, 0.2) is 48.5 Å². The lowest BCUT2D eigenvalue weighted by molar-refractivity contribution is 0.0958. The predicted octanol–water partition coefficient (Wildman–Crippen LogP) is 3.19. The van der Waals surface area contributed by atoms with Crippen LogP contribution in [0.5, 0.6) is 11.5 Å². The number of rotatable bonds is 7. The summed E-state index contributed by atoms with van der Waals surface area (Å²) >= 11 is 1.09. The van der Waals surface area contributed by atoms with E-state index in [1.165, 1.54) is 0 Å². The SMILES string of the molecule is COc1ccc(-c2nnsc2C(=O)NCCc2ccccc2OC)cc1. The Hall–Kier alpha value is -2.93. The molecular formula is C19H19N3O3S. The van der Waals surface area contributed by atoms with E-state index in [0.717, 1.165) is 34.2 Å². The molecule has 6 nitrogen and oxygen atoms in total. The second-order valence-electron chi connectivity index (χ2n) is 5.50. The molecule has 0 aliphatic rings. The minimum Gasteiger partial charge on any atom is -0.497 e. The molecule has 0 saturated carbocycles. The van der Waals surface area contributed by atoms with Gasteiger partial charge in [-0.05, 0) is 53.8 Å². The largest absolute Gasteiger partial charge is 0.497 e. The lowest BCUT2D eigenvalue weighted by Crippen LogP contribution is -2.25. The number of hydrogen-bond acceptors (Lipinski definition) is 6. The maximum absolute atomic E-state index is 12.5. The number of hydrogen-bond donors (Lipinski definition) is 1. The van der Waals surface area contributed by atoms with Gasteiger partial charge in [0.2, 0.25) is 0 Å². The van der Waals surface area contributed by atoms with Crippen molar-refractivity contribution in [2.45, 2.75) is 6.42 Å². The standard InChI is InChI=1S/C19H19N3O3S/c1-24-15-9-7-14(8-10-15)17-18(26-22-21-17)19(23)20-12-11-13-5-3-4-6-16(13)25-2/h3-10H,11-12H2,1-2H3,(H,20,23). The highest BCUT2D eigenvalue weighted by molar-refractivity contribution is 7.08. The van der Waals surface area contributed by atoms with Crippen LogP contribution in [0, 0.1) is 0 Å². The molecule has 2 aromatic carbocycles. The molecule has 0 radical (unpaired) electrons. The second kappa shape index (κ2) is 8.44. The first-order valence-corrected chi connectivity index (χ1v) is 8.87. The van der Waals surface area contributed by atoms with Crippen LogP contribution >= 0.6 is 11.5 Å². The molecule has 3 aromatic rings. The monoisotopic (exact) mass is 369 g/mol. The van der Waals surface area contributed by atoms with Gasteiger partial charge in [-0.3, -0.25) is 4.79 Å². The van der Waals surface area contributed by atoms with Crippen LogP contribution in [0.3, 0.4) is 0 Å². The van der Waals surface area contributed by atoms with E-state index in [-0.39, 0.29) is 5.91 Å². The summed E-state index contributed by atoms with van der Waals surface area (Å²) in [4.78, 5) is 13.0. The maximum atomic E-state index is 12.5. The third-order valence-corrected chi connectivity index (χ3v) is 4.65. The summed E-state index contributed by atoms with van der Waals surface area (Å²) < 4.78 is 14.4. The van der Waals surface area contributed by atoms with Gasteiger partial charge < -0.3 is 14.8 Å². The number of aromatic nitrogens is 2. The summed E-state index contributed by atoms with van der Waals surface area (Å²) in [5, 5.41) is 7.03. The van der Waals surface area contributed by atoms with E-state index in [2.05, 4.69) is 14.9 Å². The molecule has 0 aliphatic carbocycles. The molecule has 0 unspecified atom stereocenters. The van der Waals surface area contributed by atoms with E-state index in [4.69, 9.17) is 9.47 Å². The number of benzene rings is 2. The molecular weight excluding hydrogens is 350 g/mol. The van der Waals surface area contributed by atoms with Crippen molar-refractivity contribution in [1.82, 2.24) is 14.9 Å². The average Bonchev–Trinajstić information content (AvgIpc) is 3.18. The molecule has 0 atom stereocenters. The normalized spacial score (nSPS) is 10.4. The molecule has 134 valence electrons. The first kappa shape index (κ1) is 17.9. The molecule has 0 saturated heterocycles. The van der Waals surface area contributed by atoms with Crippen LogP contribution in [0.25, 0.3) is 11.3 Å². The molecule has 1 amide bonds. The molecule has 1 N–H and O–H groups in total. The highest BCUT2D eigenvalue weighted by atomic mass is 32.1. The van der Waals surface area contributed by atoms with Crippen LogP contribution in [0.4, 0.5) is 0 Å². The summed E-state index contributed by atoms with van der Waals surface area (Å²) in [5.41, 5.74) is 2.45. The molecule has 1 aromatic heterocycles. The topological polar surface area (TPSA) is 73.3 Å². The van der Waals surface area contributed by atoms with Gasteiger partial charge in [0.1, 0.15) is 22.1 Å². The maximum Gasteiger partial charge on any atom is 0.265 e. The van der Waals surface area contributed by atoms with Crippen LogP contribution in [-0.2, 0) is 6.42 Å². The van der Waals surface area contributed by atoms with E-state index in [0.29, 0.717) is 23.5 Å². The van der Waals surface area contributed by atoms with Crippen LogP contribution in [-0.4, -0.2) is 36.3 Å². The Morgan fingerprint density at radius 2 is 1.85 bits per heavy atom. The highest BCUT2D eigenvalue weighted by Crippen LogP contribution is 2.26. The van der Waals surface area contributed by atoms with E-state index in [1.54, 1.807) is 14.2 Å². The Morgan fingerprint density at radius 3 is 2.58 bits per heavy atom. The lowest BCUT2D eigenvalue weighted by Gasteiger charge is -2.09. The van der Waals surface area contributed by atoms with Crippen molar-refractivity contribution in [3.05, 3.63) is 59.0 Å². The second-order valence-corrected chi connectivity index (χ2v) is 6.25. The van der Waals surface area contributed by atoms with E-state index >= 15 is 0 Å². The summed E-state index contributed by atoms with van der Waals surface area (Å²) in [6.07, 6.45) is 0.680. The molecule has 1 heterocycles. The summed E-state index contributed by atoms with van der Waals surface area (Å²) in [6.45, 7) is 0.499. The van der Waals surface area contributed by atoms with Gasteiger partial charge in [-0.25, -0.2) is 0 Å². The first-order valence-electron chi connectivity index (χ1n) is 8.09. The minimum atomic E-state index is -0.180. The van der Waals surface area contributed by atoms with Crippen molar-refractivity contribution in [3.8, 4) is 22.8 Å². The molecule has 3 rings (SSSR count). The average molecular weight is 369 g/mol. The van der Waals surface area contributed by atoms with Crippen LogP contribution in [0.2, 0.25) is 0 Å². The lowest BCUT2D eigenvalue weighted by atomic mass is 10.1. The number of methoxy groups -OCH3 is 2. The van der Waals surface area contributed by atoms with Gasteiger partial charge >= 0.3 is 0 Å². The predicted molar refractivity (Wildman–Crippen MR) is 101 cm³/mol. The number of amides is 1. The fraction of sp³-hybridized carbons (Fsp3) is 0.211. The summed E-state index contributed by atoms with van der Waals surface area (Å²) in [5.74, 6) is 1.39. The van der Waals surface area contributed by atoms with E-state index in [9.17, 15) is 4.79 Å². The Kier molecular flexibility index (Phi) is 5.80. The van der Waals surface area contributed by atoms with Gasteiger partial charge in [0.25, 0.3) is 5.91 Å². The zero-order chi connectivity index (χ0) is 18.4. The molecule has 0 spiro atoms. The van der Waals surface area contributed by atoms with Gasteiger partial charge in [-0.15, -0.1) is 5.10 Å². The molecule has 26 heavy (non-hydrogen) atoms. The Labute approximate surface area is 155 Å². The van der Waals surface area contributed by atoms with Gasteiger partial charge in [0.05, 0.1) is 14.2 Å². The number of para-hydroxylation sites is 1. The quantitative estimate of drug-likeness (QED) is 0.692. The van der Waals surface area contributed by atoms with Crippen LogP contribution < -0.4 is 14.8 Å². The number of nitrogens with one attached hydrogen (secondary N) is 1. The Balaban J connectivity index is 1.66. The van der Waals surface area contributed by atoms with Gasteiger partial charge in [-0.2, -0.15) is 0 Å². The summed E-state index contributed by atoms with van der Waals surface area (Å²) in [7, 11) is 3.25. The Bertz CT molecular complexity index is 878. The smallest absolute Gasteiger partial charge is 0.265 e. The fourth-order valence-electron chi connectivity index (χ4n) is 2.58. The highest BCUT2D eigenvalue weighted by Gasteiger charge is 2.17. The van der Waals surface area contributed by atoms with Crippen molar-refractivity contribution in [3.63, 3.8) is 0 Å². The van der Waals surface area contributed by atoms with Crippen molar-refractivity contribution >= 4 is 17.4 Å². The minimum absolute atomic E-state index is 0.180. The van der Waals surface area contributed by atoms with Gasteiger partial charge in [0, 0.05) is 12.1 Å². The number of carbonyl (C=O) groups excluding carboxylic acids is 1. The number of ether oxygens (including phenoxy) is 2. The molecule has 0 bridgehead atoms.